The molecule has 2 rings (SSSR count). The lowest BCUT2D eigenvalue weighted by molar-refractivity contribution is 0.0957. The van der Waals surface area contributed by atoms with E-state index < -0.39 is 0 Å². The summed E-state index contributed by atoms with van der Waals surface area (Å²) in [6, 6.07) is 3.69. The maximum atomic E-state index is 11.2. The number of carbonyl (C=O) groups is 1. The van der Waals surface area contributed by atoms with Gasteiger partial charge in [-0.1, -0.05) is 11.8 Å². The molecule has 0 aliphatic heterocycles. The van der Waals surface area contributed by atoms with Crippen LogP contribution in [0.2, 0.25) is 0 Å². The van der Waals surface area contributed by atoms with Crippen LogP contribution in [-0.2, 0) is 5.75 Å². The highest BCUT2D eigenvalue weighted by Crippen LogP contribution is 2.27. The second-order valence-electron chi connectivity index (χ2n) is 2.74. The van der Waals surface area contributed by atoms with Crippen molar-refractivity contribution in [1.82, 2.24) is 14.8 Å². The highest BCUT2D eigenvalue weighted by Gasteiger charge is 2.08. The monoisotopic (exact) mass is 272 g/mol. The van der Waals surface area contributed by atoms with Gasteiger partial charge in [0.1, 0.15) is 6.33 Å². The molecule has 84 valence electrons. The fourth-order valence-electron chi connectivity index (χ4n) is 1.01. The van der Waals surface area contributed by atoms with Gasteiger partial charge in [0.25, 0.3) is 5.91 Å². The van der Waals surface area contributed by atoms with Gasteiger partial charge in [0, 0.05) is 10.6 Å². The van der Waals surface area contributed by atoms with Gasteiger partial charge in [-0.3, -0.25) is 10.2 Å². The lowest BCUT2D eigenvalue weighted by Crippen LogP contribution is -2.29. The van der Waals surface area contributed by atoms with Crippen LogP contribution >= 0.6 is 34.6 Å². The molecule has 2 heterocycles. The van der Waals surface area contributed by atoms with E-state index in [1.807, 2.05) is 6.07 Å². The maximum Gasteiger partial charge on any atom is 0.275 e. The van der Waals surface area contributed by atoms with Crippen molar-refractivity contribution in [3.05, 3.63) is 28.2 Å². The number of thioether (sulfide) groups is 1. The Labute approximate surface area is 104 Å². The van der Waals surface area contributed by atoms with Gasteiger partial charge in [-0.25, -0.2) is 10.8 Å². The summed E-state index contributed by atoms with van der Waals surface area (Å²) in [4.78, 5) is 17.0. The van der Waals surface area contributed by atoms with Crippen LogP contribution in [-0.4, -0.2) is 15.3 Å². The van der Waals surface area contributed by atoms with Gasteiger partial charge in [0.05, 0.1) is 4.88 Å². The molecule has 0 atom stereocenters. The number of carbonyl (C=O) groups excluding carboxylic acids is 1. The lowest BCUT2D eigenvalue weighted by Gasteiger charge is -1.94. The third kappa shape index (κ3) is 2.79. The molecule has 0 aliphatic carbocycles. The highest BCUT2D eigenvalue weighted by molar-refractivity contribution is 8.00. The van der Waals surface area contributed by atoms with E-state index in [0.29, 0.717) is 4.88 Å². The number of nitrogens with two attached hydrogens (primary N) is 1. The highest BCUT2D eigenvalue weighted by atomic mass is 32.2. The molecule has 0 saturated carbocycles. The Hall–Kier alpha value is -0.960. The molecule has 0 spiro atoms. The van der Waals surface area contributed by atoms with E-state index >= 15 is 0 Å². The number of nitrogens with one attached hydrogen (secondary N) is 1. The smallest absolute Gasteiger partial charge is 0.275 e. The van der Waals surface area contributed by atoms with E-state index in [0.717, 1.165) is 15.0 Å². The largest absolute Gasteiger partial charge is 0.289 e. The van der Waals surface area contributed by atoms with Crippen molar-refractivity contribution in [1.29, 1.82) is 0 Å². The minimum absolute atomic E-state index is 0.253. The first-order chi connectivity index (χ1) is 7.79. The van der Waals surface area contributed by atoms with Crippen molar-refractivity contribution >= 4 is 40.5 Å². The minimum atomic E-state index is -0.253. The van der Waals surface area contributed by atoms with Crippen molar-refractivity contribution in [3.8, 4) is 0 Å². The van der Waals surface area contributed by atoms with E-state index in [9.17, 15) is 4.79 Å². The molecular formula is C8H8N4OS3. The van der Waals surface area contributed by atoms with E-state index in [2.05, 4.69) is 14.8 Å². The number of hydrogen-bond acceptors (Lipinski definition) is 7. The molecule has 2 aromatic rings. The number of aromatic nitrogens is 2. The molecule has 2 aromatic heterocycles. The molecule has 8 heteroatoms. The third-order valence-corrected chi connectivity index (χ3v) is 4.81. The summed E-state index contributed by atoms with van der Waals surface area (Å²) < 4.78 is 4.84. The first-order valence-corrected chi connectivity index (χ1v) is 6.86. The van der Waals surface area contributed by atoms with Crippen molar-refractivity contribution in [3.63, 3.8) is 0 Å². The first kappa shape index (κ1) is 11.5. The summed E-state index contributed by atoms with van der Waals surface area (Å²) in [7, 11) is 0. The fourth-order valence-corrected chi connectivity index (χ4v) is 3.41. The number of nitrogens with zero attached hydrogens (tertiary/aromatic N) is 2. The molecule has 1 amide bonds. The molecule has 0 saturated heterocycles. The first-order valence-electron chi connectivity index (χ1n) is 4.28. The SMILES string of the molecule is NNC(=O)c1ccc(CSc2ncns2)s1. The van der Waals surface area contributed by atoms with Crippen molar-refractivity contribution < 1.29 is 4.79 Å². The Morgan fingerprint density at radius 1 is 1.56 bits per heavy atom. The van der Waals surface area contributed by atoms with Crippen LogP contribution < -0.4 is 11.3 Å². The average Bonchev–Trinajstić information content (AvgIpc) is 2.96. The van der Waals surface area contributed by atoms with Crippen LogP contribution in [0.4, 0.5) is 0 Å². The summed E-state index contributed by atoms with van der Waals surface area (Å²) in [5.74, 6) is 5.59. The number of hydrogen-bond donors (Lipinski definition) is 2. The molecule has 0 aromatic carbocycles. The zero-order valence-electron chi connectivity index (χ0n) is 8.04. The third-order valence-electron chi connectivity index (χ3n) is 1.70. The van der Waals surface area contributed by atoms with E-state index in [1.54, 1.807) is 17.8 Å². The summed E-state index contributed by atoms with van der Waals surface area (Å²) >= 11 is 4.40. The van der Waals surface area contributed by atoms with Gasteiger partial charge in [0.2, 0.25) is 0 Å². The van der Waals surface area contributed by atoms with Crippen LogP contribution in [0.15, 0.2) is 22.8 Å². The molecule has 5 nitrogen and oxygen atoms in total. The molecule has 0 unspecified atom stereocenters. The lowest BCUT2D eigenvalue weighted by atomic mass is 10.4. The van der Waals surface area contributed by atoms with E-state index in [-0.39, 0.29) is 5.91 Å². The number of rotatable bonds is 4. The standard InChI is InChI=1S/C8H8N4OS3/c9-12-7(13)6-2-1-5(15-6)3-14-8-10-4-11-16-8/h1-2,4H,3,9H2,(H,12,13). The minimum Gasteiger partial charge on any atom is -0.289 e. The topological polar surface area (TPSA) is 80.9 Å². The molecule has 0 radical (unpaired) electrons. The van der Waals surface area contributed by atoms with Crippen LogP contribution in [0.1, 0.15) is 14.5 Å². The second kappa shape index (κ2) is 5.39. The zero-order chi connectivity index (χ0) is 11.4. The molecular weight excluding hydrogens is 264 g/mol. The van der Waals surface area contributed by atoms with Crippen molar-refractivity contribution in [2.45, 2.75) is 10.1 Å². The number of nitrogen functional groups attached to an aromatic ring is 1. The quantitative estimate of drug-likeness (QED) is 0.381. The van der Waals surface area contributed by atoms with E-state index in [4.69, 9.17) is 5.84 Å². The van der Waals surface area contributed by atoms with Gasteiger partial charge >= 0.3 is 0 Å². The number of amides is 1. The molecule has 0 aliphatic rings. The van der Waals surface area contributed by atoms with Crippen molar-refractivity contribution in [2.24, 2.45) is 5.84 Å². The second-order valence-corrected chi connectivity index (χ2v) is 5.91. The van der Waals surface area contributed by atoms with Crippen molar-refractivity contribution in [2.75, 3.05) is 0 Å². The average molecular weight is 272 g/mol. The molecule has 0 fully saturated rings. The van der Waals surface area contributed by atoms with Gasteiger partial charge < -0.3 is 0 Å². The Kier molecular flexibility index (Phi) is 3.88. The Bertz CT molecular complexity index is 467. The van der Waals surface area contributed by atoms with Crippen LogP contribution in [0, 0.1) is 0 Å². The molecule has 3 N–H and O–H groups in total. The maximum absolute atomic E-state index is 11.2. The summed E-state index contributed by atoms with van der Waals surface area (Å²) in [5.41, 5.74) is 2.11. The fraction of sp³-hybridized carbons (Fsp3) is 0.125. The van der Waals surface area contributed by atoms with Gasteiger partial charge in [-0.15, -0.1) is 11.3 Å². The van der Waals surface area contributed by atoms with E-state index in [1.165, 1.54) is 29.2 Å². The van der Waals surface area contributed by atoms with Crippen LogP contribution in [0.5, 0.6) is 0 Å². The number of hydrazine groups is 1. The predicted octanol–water partition coefficient (Wildman–Crippen LogP) is 1.50. The normalized spacial score (nSPS) is 10.3. The van der Waals surface area contributed by atoms with Gasteiger partial charge in [-0.05, 0) is 23.7 Å². The van der Waals surface area contributed by atoms with Gasteiger partial charge in [0.15, 0.2) is 4.34 Å². The zero-order valence-corrected chi connectivity index (χ0v) is 10.5. The Balaban J connectivity index is 1.95. The Morgan fingerprint density at radius 2 is 2.44 bits per heavy atom. The number of thiophene rings is 1. The Morgan fingerprint density at radius 3 is 3.12 bits per heavy atom. The molecule has 16 heavy (non-hydrogen) atoms. The summed E-state index contributed by atoms with van der Waals surface area (Å²) in [5, 5.41) is 0. The van der Waals surface area contributed by atoms with Gasteiger partial charge in [-0.2, -0.15) is 4.37 Å². The summed E-state index contributed by atoms with van der Waals surface area (Å²) in [6.07, 6.45) is 1.54. The van der Waals surface area contributed by atoms with Crippen LogP contribution in [0.3, 0.4) is 0 Å². The predicted molar refractivity (Wildman–Crippen MR) is 65.4 cm³/mol. The van der Waals surface area contributed by atoms with Crippen LogP contribution in [0.25, 0.3) is 0 Å². The molecule has 0 bridgehead atoms. The summed E-state index contributed by atoms with van der Waals surface area (Å²) in [6.45, 7) is 0.